The Morgan fingerprint density at radius 3 is 2.05 bits per heavy atom. The van der Waals surface area contributed by atoms with Gasteiger partial charge in [0.1, 0.15) is 0 Å². The first kappa shape index (κ1) is 16.0. The Kier molecular flexibility index (Phi) is 3.95. The van der Waals surface area contributed by atoms with Gasteiger partial charge in [-0.3, -0.25) is 0 Å². The maximum absolute atomic E-state index is 12.7. The fourth-order valence-corrected chi connectivity index (χ4v) is 1.80. The molecule has 0 spiro atoms. The molecule has 2 aromatic rings. The van der Waals surface area contributed by atoms with E-state index in [-0.39, 0.29) is 16.8 Å². The molecule has 2 nitrogen and oxygen atoms in total. The highest BCUT2D eigenvalue weighted by Crippen LogP contribution is 2.35. The van der Waals surface area contributed by atoms with E-state index in [1.54, 1.807) is 0 Å². The molecule has 0 amide bonds. The molecule has 0 atom stereocenters. The molecular formula is C14H9F6NO. The summed E-state index contributed by atoms with van der Waals surface area (Å²) >= 11 is 0. The fraction of sp³-hybridized carbons (Fsp3) is 0.143. The maximum Gasteiger partial charge on any atom is 0.573 e. The zero-order valence-electron chi connectivity index (χ0n) is 10.8. The zero-order chi connectivity index (χ0) is 16.5. The topological polar surface area (TPSA) is 35.2 Å². The van der Waals surface area contributed by atoms with Crippen LogP contribution in [0.4, 0.5) is 32.0 Å². The van der Waals surface area contributed by atoms with Gasteiger partial charge in [0.05, 0.1) is 11.3 Å². The molecule has 22 heavy (non-hydrogen) atoms. The average molecular weight is 321 g/mol. The minimum Gasteiger partial charge on any atom is -0.404 e. The average Bonchev–Trinajstić information content (AvgIpc) is 2.39. The van der Waals surface area contributed by atoms with Gasteiger partial charge in [-0.05, 0) is 35.4 Å². The summed E-state index contributed by atoms with van der Waals surface area (Å²) < 4.78 is 78.5. The van der Waals surface area contributed by atoms with Crippen molar-refractivity contribution in [2.45, 2.75) is 12.5 Å². The van der Waals surface area contributed by atoms with Gasteiger partial charge in [0, 0.05) is 0 Å². The van der Waals surface area contributed by atoms with E-state index in [0.717, 1.165) is 24.3 Å². The highest BCUT2D eigenvalue weighted by Gasteiger charge is 2.32. The van der Waals surface area contributed by atoms with Crippen molar-refractivity contribution in [3.8, 4) is 16.9 Å². The third-order valence-electron chi connectivity index (χ3n) is 2.76. The van der Waals surface area contributed by atoms with Gasteiger partial charge in [-0.2, -0.15) is 13.2 Å². The lowest BCUT2D eigenvalue weighted by Gasteiger charge is -2.13. The minimum atomic E-state index is -4.94. The predicted molar refractivity (Wildman–Crippen MR) is 68.0 cm³/mol. The van der Waals surface area contributed by atoms with Crippen LogP contribution in [0.25, 0.3) is 11.1 Å². The molecule has 0 fully saturated rings. The molecule has 2 rings (SSSR count). The van der Waals surface area contributed by atoms with Crippen LogP contribution in [-0.2, 0) is 6.18 Å². The molecule has 118 valence electrons. The van der Waals surface area contributed by atoms with E-state index < -0.39 is 23.9 Å². The second kappa shape index (κ2) is 5.43. The van der Waals surface area contributed by atoms with Gasteiger partial charge < -0.3 is 10.5 Å². The summed E-state index contributed by atoms with van der Waals surface area (Å²) in [4.78, 5) is 0. The van der Waals surface area contributed by atoms with Crippen LogP contribution >= 0.6 is 0 Å². The highest BCUT2D eigenvalue weighted by atomic mass is 19.4. The molecule has 0 unspecified atom stereocenters. The van der Waals surface area contributed by atoms with Gasteiger partial charge >= 0.3 is 12.5 Å². The Hall–Kier alpha value is -2.38. The number of halogens is 6. The van der Waals surface area contributed by atoms with Crippen LogP contribution in [0, 0.1) is 0 Å². The zero-order valence-corrected chi connectivity index (χ0v) is 10.8. The molecule has 2 N–H and O–H groups in total. The number of nitrogens with two attached hydrogens (primary N) is 1. The summed E-state index contributed by atoms with van der Waals surface area (Å²) in [6.45, 7) is 0. The van der Waals surface area contributed by atoms with Crippen molar-refractivity contribution in [2.24, 2.45) is 0 Å². The fourth-order valence-electron chi connectivity index (χ4n) is 1.80. The summed E-state index contributed by atoms with van der Waals surface area (Å²) in [6.07, 6.45) is -9.49. The first-order valence-corrected chi connectivity index (χ1v) is 5.89. The van der Waals surface area contributed by atoms with Gasteiger partial charge in [-0.1, -0.05) is 18.2 Å². The molecule has 0 radical (unpaired) electrons. The molecule has 2 aromatic carbocycles. The van der Waals surface area contributed by atoms with Crippen LogP contribution < -0.4 is 10.5 Å². The molecule has 0 aliphatic rings. The summed E-state index contributed by atoms with van der Waals surface area (Å²) in [5.41, 5.74) is 4.42. The van der Waals surface area contributed by atoms with Crippen molar-refractivity contribution in [1.29, 1.82) is 0 Å². The van der Waals surface area contributed by atoms with E-state index in [9.17, 15) is 26.3 Å². The SMILES string of the molecule is Nc1ccc(-c2cccc(C(F)(F)F)c2)cc1OC(F)(F)F. The second-order valence-corrected chi connectivity index (χ2v) is 4.38. The van der Waals surface area contributed by atoms with E-state index in [0.29, 0.717) is 0 Å². The van der Waals surface area contributed by atoms with Crippen LogP contribution in [-0.4, -0.2) is 6.36 Å². The smallest absolute Gasteiger partial charge is 0.404 e. The summed E-state index contributed by atoms with van der Waals surface area (Å²) in [5, 5.41) is 0. The quantitative estimate of drug-likeness (QED) is 0.634. The number of hydrogen-bond acceptors (Lipinski definition) is 2. The van der Waals surface area contributed by atoms with E-state index in [4.69, 9.17) is 5.73 Å². The number of ether oxygens (including phenoxy) is 1. The molecule has 8 heteroatoms. The minimum absolute atomic E-state index is 0.0989. The number of nitrogen functional groups attached to an aromatic ring is 1. The Bertz CT molecular complexity index is 678. The lowest BCUT2D eigenvalue weighted by molar-refractivity contribution is -0.274. The van der Waals surface area contributed by atoms with Gasteiger partial charge in [0.2, 0.25) is 0 Å². The molecule has 0 bridgehead atoms. The van der Waals surface area contributed by atoms with E-state index in [1.807, 2.05) is 0 Å². The molecule has 0 saturated carbocycles. The van der Waals surface area contributed by atoms with Crippen molar-refractivity contribution in [3.05, 3.63) is 48.0 Å². The predicted octanol–water partition coefficient (Wildman–Crippen LogP) is 4.85. The van der Waals surface area contributed by atoms with E-state index in [1.165, 1.54) is 18.2 Å². The number of hydrogen-bond donors (Lipinski definition) is 1. The standard InChI is InChI=1S/C14H9F6NO/c15-13(16,17)10-3-1-2-8(6-10)9-4-5-11(21)12(7-9)22-14(18,19)20/h1-7H,21H2. The monoisotopic (exact) mass is 321 g/mol. The van der Waals surface area contributed by atoms with Crippen molar-refractivity contribution in [3.63, 3.8) is 0 Å². The first-order chi connectivity index (χ1) is 10.1. The van der Waals surface area contributed by atoms with Gasteiger partial charge in [-0.25, -0.2) is 0 Å². The lowest BCUT2D eigenvalue weighted by Crippen LogP contribution is -2.18. The maximum atomic E-state index is 12.7. The Morgan fingerprint density at radius 2 is 1.45 bits per heavy atom. The largest absolute Gasteiger partial charge is 0.573 e. The van der Waals surface area contributed by atoms with Crippen LogP contribution in [0.5, 0.6) is 5.75 Å². The number of benzene rings is 2. The molecule has 0 aliphatic carbocycles. The van der Waals surface area contributed by atoms with Crippen LogP contribution in [0.2, 0.25) is 0 Å². The van der Waals surface area contributed by atoms with Crippen molar-refractivity contribution in [1.82, 2.24) is 0 Å². The Labute approximate surface area is 121 Å². The van der Waals surface area contributed by atoms with Crippen LogP contribution in [0.15, 0.2) is 42.5 Å². The lowest BCUT2D eigenvalue weighted by atomic mass is 10.0. The molecule has 0 aromatic heterocycles. The molecular weight excluding hydrogens is 312 g/mol. The van der Waals surface area contributed by atoms with Gasteiger partial charge in [-0.15, -0.1) is 13.2 Å². The normalized spacial score (nSPS) is 12.3. The highest BCUT2D eigenvalue weighted by molar-refractivity contribution is 5.70. The molecule has 0 aliphatic heterocycles. The third-order valence-corrected chi connectivity index (χ3v) is 2.76. The van der Waals surface area contributed by atoms with Crippen molar-refractivity contribution in [2.75, 3.05) is 5.73 Å². The summed E-state index contributed by atoms with van der Waals surface area (Å²) in [5.74, 6) is -0.664. The van der Waals surface area contributed by atoms with E-state index in [2.05, 4.69) is 4.74 Å². The number of anilines is 1. The number of rotatable bonds is 2. The summed E-state index contributed by atoms with van der Waals surface area (Å²) in [7, 11) is 0. The summed E-state index contributed by atoms with van der Waals surface area (Å²) in [6, 6.07) is 7.61. The van der Waals surface area contributed by atoms with Crippen molar-refractivity contribution < 1.29 is 31.1 Å². The second-order valence-electron chi connectivity index (χ2n) is 4.38. The molecule has 0 saturated heterocycles. The third kappa shape index (κ3) is 3.84. The van der Waals surface area contributed by atoms with Crippen LogP contribution in [0.3, 0.4) is 0 Å². The van der Waals surface area contributed by atoms with Crippen LogP contribution in [0.1, 0.15) is 5.56 Å². The first-order valence-electron chi connectivity index (χ1n) is 5.89. The number of alkyl halides is 6. The van der Waals surface area contributed by atoms with Gasteiger partial charge in [0.25, 0.3) is 0 Å². The van der Waals surface area contributed by atoms with E-state index >= 15 is 0 Å². The van der Waals surface area contributed by atoms with Crippen molar-refractivity contribution >= 4 is 5.69 Å². The van der Waals surface area contributed by atoms with Gasteiger partial charge in [0.15, 0.2) is 5.75 Å². The Morgan fingerprint density at radius 1 is 0.818 bits per heavy atom. The molecule has 0 heterocycles. The Balaban J connectivity index is 2.44.